The zero-order valence-corrected chi connectivity index (χ0v) is 24.7. The predicted octanol–water partition coefficient (Wildman–Crippen LogP) is 8.01. The molecule has 32 heavy (non-hydrogen) atoms. The first-order valence-electron chi connectivity index (χ1n) is 10.6. The van der Waals surface area contributed by atoms with E-state index in [-0.39, 0.29) is 0 Å². The SMILES string of the molecule is [CH3][GeH][CH3].[Cl][Zr+2][Cl].[c-]1cccc2c1Cc1ccccc1-2.[c-]1cccc2c1Cc1ccccc1-2. The molecule has 2 aliphatic carbocycles. The third-order valence-corrected chi connectivity index (χ3v) is 5.23. The van der Waals surface area contributed by atoms with Gasteiger partial charge < -0.3 is 0 Å². The van der Waals surface area contributed by atoms with Crippen molar-refractivity contribution in [2.45, 2.75) is 24.4 Å². The van der Waals surface area contributed by atoms with Crippen molar-refractivity contribution in [3.63, 3.8) is 0 Å². The largest absolute Gasteiger partial charge is 0.179 e. The molecular weight excluding hydrogens is 571 g/mol. The van der Waals surface area contributed by atoms with Crippen molar-refractivity contribution in [3.05, 3.63) is 119 Å². The molecule has 0 atom stereocenters. The molecule has 0 unspecified atom stereocenters. The molecule has 0 saturated heterocycles. The van der Waals surface area contributed by atoms with Crippen LogP contribution in [-0.2, 0) is 33.7 Å². The van der Waals surface area contributed by atoms with Crippen LogP contribution in [0.5, 0.6) is 0 Å². The van der Waals surface area contributed by atoms with Crippen LogP contribution in [0.4, 0.5) is 0 Å². The Morgan fingerprint density at radius 1 is 0.625 bits per heavy atom. The standard InChI is InChI=1S/2C13H9.C2H7Ge.2ClH.Zr/c2*1-3-7-12-10(5-1)9-11-6-2-4-8-13(11)12;1-3-2;;;/h2*1-5,7-8H,9H2;3H,1-2H3;2*1H;/q2*-1;;;;+4/p-2. The van der Waals surface area contributed by atoms with Gasteiger partial charge >= 0.3 is 64.8 Å². The van der Waals surface area contributed by atoms with E-state index in [1.165, 1.54) is 44.5 Å². The van der Waals surface area contributed by atoms with E-state index in [0.29, 0.717) is 15.4 Å². The quantitative estimate of drug-likeness (QED) is 0.123. The summed E-state index contributed by atoms with van der Waals surface area (Å²) in [5, 5.41) is 0. The Balaban J connectivity index is 0.000000146. The summed E-state index contributed by atoms with van der Waals surface area (Å²) in [6, 6.07) is 36.2. The molecule has 0 bridgehead atoms. The Bertz CT molecular complexity index is 965. The van der Waals surface area contributed by atoms with Crippen molar-refractivity contribution in [2.24, 2.45) is 0 Å². The smallest absolute Gasteiger partial charge is 0.0253 e. The summed E-state index contributed by atoms with van der Waals surface area (Å²) in [5.74, 6) is 4.56. The monoisotopic (exact) mass is 595 g/mol. The molecule has 0 heterocycles. The fourth-order valence-electron chi connectivity index (χ4n) is 4.00. The van der Waals surface area contributed by atoms with E-state index in [1.807, 2.05) is 12.1 Å². The maximum atomic E-state index is 4.93. The molecule has 6 rings (SSSR count). The van der Waals surface area contributed by atoms with Gasteiger partial charge in [-0.1, -0.05) is 70.8 Å². The molecule has 1 radical (unpaired) electrons. The van der Waals surface area contributed by atoms with Gasteiger partial charge in [-0.15, -0.1) is 11.1 Å². The van der Waals surface area contributed by atoms with Crippen LogP contribution in [0.2, 0.25) is 11.5 Å². The van der Waals surface area contributed by atoms with Crippen LogP contribution in [-0.4, -0.2) is 15.4 Å². The Kier molecular flexibility index (Phi) is 10.8. The molecule has 4 heteroatoms. The molecule has 0 fully saturated rings. The zero-order valence-electron chi connectivity index (χ0n) is 18.3. The second kappa shape index (κ2) is 13.6. The molecule has 0 amide bonds. The fraction of sp³-hybridized carbons (Fsp3) is 0.143. The van der Waals surface area contributed by atoms with Crippen molar-refractivity contribution >= 4 is 32.5 Å². The summed E-state index contributed by atoms with van der Waals surface area (Å²) in [6.45, 7) is 0. The van der Waals surface area contributed by atoms with E-state index < -0.39 is 20.8 Å². The van der Waals surface area contributed by atoms with Crippen LogP contribution in [0.3, 0.4) is 0 Å². The molecule has 0 spiro atoms. The van der Waals surface area contributed by atoms with Gasteiger partial charge in [-0.3, -0.25) is 0 Å². The van der Waals surface area contributed by atoms with Gasteiger partial charge in [0.25, 0.3) is 0 Å². The van der Waals surface area contributed by atoms with Gasteiger partial charge in [0, 0.05) is 0 Å². The van der Waals surface area contributed by atoms with E-state index in [2.05, 4.69) is 96.4 Å². The van der Waals surface area contributed by atoms with E-state index >= 15 is 0 Å². The molecule has 0 saturated carbocycles. The third-order valence-electron chi connectivity index (χ3n) is 5.23. The van der Waals surface area contributed by atoms with Gasteiger partial charge in [0.05, 0.1) is 0 Å². The first-order chi connectivity index (χ1) is 15.7. The average Bonchev–Trinajstić information content (AvgIpc) is 3.39. The predicted molar refractivity (Wildman–Crippen MR) is 138 cm³/mol. The van der Waals surface area contributed by atoms with E-state index in [9.17, 15) is 0 Å². The van der Waals surface area contributed by atoms with Gasteiger partial charge in [0.15, 0.2) is 0 Å². The minimum Gasteiger partial charge on any atom is -0.179 e. The van der Waals surface area contributed by atoms with E-state index in [4.69, 9.17) is 17.0 Å². The normalized spacial score (nSPS) is 10.9. The van der Waals surface area contributed by atoms with Crippen molar-refractivity contribution in [1.29, 1.82) is 0 Å². The van der Waals surface area contributed by atoms with Crippen LogP contribution in [0.15, 0.2) is 84.9 Å². The molecule has 2 aliphatic rings. The molecule has 0 aliphatic heterocycles. The van der Waals surface area contributed by atoms with Crippen molar-refractivity contribution in [1.82, 2.24) is 0 Å². The minimum absolute atomic E-state index is 0.312. The Morgan fingerprint density at radius 2 is 0.969 bits per heavy atom. The number of hydrogen-bond acceptors (Lipinski definition) is 0. The van der Waals surface area contributed by atoms with Gasteiger partial charge in [-0.05, 0) is 12.8 Å². The zero-order chi connectivity index (χ0) is 22.8. The van der Waals surface area contributed by atoms with Crippen LogP contribution in [0, 0.1) is 12.1 Å². The summed E-state index contributed by atoms with van der Waals surface area (Å²) in [7, 11) is 9.87. The molecule has 159 valence electrons. The second-order valence-electron chi connectivity index (χ2n) is 7.44. The molecule has 0 nitrogen and oxygen atoms in total. The van der Waals surface area contributed by atoms with E-state index in [1.54, 1.807) is 0 Å². The van der Waals surface area contributed by atoms with Crippen LogP contribution in [0.25, 0.3) is 22.3 Å². The number of halogens is 2. The summed E-state index contributed by atoms with van der Waals surface area (Å²) < 4.78 is 0. The second-order valence-corrected chi connectivity index (χ2v) is 13.6. The molecule has 4 aromatic carbocycles. The Hall–Kier alpha value is -1.11. The number of hydrogen-bond donors (Lipinski definition) is 0. The summed E-state index contributed by atoms with van der Waals surface area (Å²) in [5.41, 5.74) is 11.0. The topological polar surface area (TPSA) is 0 Å². The number of rotatable bonds is 0. The maximum absolute atomic E-state index is 4.93. The molecule has 0 aromatic heterocycles. The van der Waals surface area contributed by atoms with Gasteiger partial charge in [0.2, 0.25) is 0 Å². The molecule has 0 N–H and O–H groups in total. The number of benzene rings is 4. The van der Waals surface area contributed by atoms with Gasteiger partial charge in [-0.25, -0.2) is 0 Å². The maximum Gasteiger partial charge on any atom is -0.0253 e. The Morgan fingerprint density at radius 3 is 1.38 bits per heavy atom. The van der Waals surface area contributed by atoms with Gasteiger partial charge in [-0.2, -0.15) is 59.7 Å². The first kappa shape index (κ1) is 25.5. The van der Waals surface area contributed by atoms with Crippen LogP contribution in [0.1, 0.15) is 22.3 Å². The summed E-state index contributed by atoms with van der Waals surface area (Å²) >= 11 is -0.513. The van der Waals surface area contributed by atoms with Crippen molar-refractivity contribution in [2.75, 3.05) is 0 Å². The van der Waals surface area contributed by atoms with Crippen molar-refractivity contribution < 1.29 is 20.8 Å². The summed E-state index contributed by atoms with van der Waals surface area (Å²) in [4.78, 5) is 0. The average molecular weight is 596 g/mol. The van der Waals surface area contributed by atoms with Crippen LogP contribution >= 0.6 is 17.0 Å². The minimum atomic E-state index is -0.826. The van der Waals surface area contributed by atoms with Gasteiger partial charge in [0.1, 0.15) is 0 Å². The molecule has 4 aromatic rings. The van der Waals surface area contributed by atoms with E-state index in [0.717, 1.165) is 12.8 Å². The first-order valence-corrected chi connectivity index (χ1v) is 21.8. The molecular formula is C28H25Cl2GeZr. The third kappa shape index (κ3) is 6.48. The Labute approximate surface area is 217 Å². The van der Waals surface area contributed by atoms with Crippen LogP contribution < -0.4 is 0 Å². The fourth-order valence-corrected chi connectivity index (χ4v) is 4.00. The van der Waals surface area contributed by atoms with Crippen molar-refractivity contribution in [3.8, 4) is 22.3 Å². The number of fused-ring (bicyclic) bond motifs is 6. The summed E-state index contributed by atoms with van der Waals surface area (Å²) in [6.07, 6.45) is 2.10.